The molecule has 1 aliphatic heterocycles. The maximum absolute atomic E-state index is 13.4. The number of hydrogen-bond donors (Lipinski definition) is 0. The number of carbonyl (C=O) groups is 1. The van der Waals surface area contributed by atoms with Gasteiger partial charge in [-0.2, -0.15) is 0 Å². The fourth-order valence-corrected chi connectivity index (χ4v) is 5.78. The smallest absolute Gasteiger partial charge is 0.254 e. The molecule has 10 heteroatoms. The summed E-state index contributed by atoms with van der Waals surface area (Å²) in [4.78, 5) is 19.2. The van der Waals surface area contributed by atoms with Crippen LogP contribution in [0.4, 0.5) is 4.39 Å². The molecule has 192 valence electrons. The zero-order valence-electron chi connectivity index (χ0n) is 20.4. The molecule has 1 aromatic heterocycles. The van der Waals surface area contributed by atoms with Crippen LogP contribution in [0.1, 0.15) is 41.4 Å². The summed E-state index contributed by atoms with van der Waals surface area (Å²) in [7, 11) is -2.31. The number of halogens is 1. The molecule has 2 heterocycles. The van der Waals surface area contributed by atoms with Gasteiger partial charge >= 0.3 is 0 Å². The Labute approximate surface area is 210 Å². The number of imidazole rings is 1. The largest absolute Gasteiger partial charge is 0.497 e. The van der Waals surface area contributed by atoms with Gasteiger partial charge in [0.15, 0.2) is 0 Å². The van der Waals surface area contributed by atoms with Crippen LogP contribution in [0.5, 0.6) is 5.75 Å². The van der Waals surface area contributed by atoms with Gasteiger partial charge in [-0.05, 0) is 55.7 Å². The van der Waals surface area contributed by atoms with Crippen molar-refractivity contribution in [2.45, 2.75) is 49.9 Å². The first-order valence-electron chi connectivity index (χ1n) is 11.9. The molecule has 1 amide bonds. The van der Waals surface area contributed by atoms with Gasteiger partial charge in [-0.25, -0.2) is 17.8 Å². The Morgan fingerprint density at radius 1 is 1.25 bits per heavy atom. The number of hydrogen-bond acceptors (Lipinski definition) is 6. The standard InChI is InChI=1S/C26H30FN3O5S/c1-3-29(25(31)20-6-4-7-23(14-20)34-2)16-22-15-28-26(30(22)17-24-8-5-13-35-24)36(32,33)18-19-9-11-21(27)12-10-19/h4,6-7,9-12,14-15,24H,3,5,8,13,16-18H2,1-2H3/t24-/m1/s1. The molecule has 0 spiro atoms. The number of ether oxygens (including phenoxy) is 2. The van der Waals surface area contributed by atoms with E-state index in [0.717, 1.165) is 12.8 Å². The van der Waals surface area contributed by atoms with Crippen LogP contribution in [0.2, 0.25) is 0 Å². The quantitative estimate of drug-likeness (QED) is 0.408. The Morgan fingerprint density at radius 2 is 2.03 bits per heavy atom. The van der Waals surface area contributed by atoms with Crippen LogP contribution in [-0.4, -0.2) is 55.1 Å². The lowest BCUT2D eigenvalue weighted by Crippen LogP contribution is -2.32. The Hall–Kier alpha value is -3.24. The number of carbonyl (C=O) groups excluding carboxylic acids is 1. The Balaban J connectivity index is 1.64. The highest BCUT2D eigenvalue weighted by Gasteiger charge is 2.28. The molecule has 0 bridgehead atoms. The lowest BCUT2D eigenvalue weighted by molar-refractivity contribution is 0.0741. The van der Waals surface area contributed by atoms with Gasteiger partial charge in [0.2, 0.25) is 15.0 Å². The molecule has 0 radical (unpaired) electrons. The summed E-state index contributed by atoms with van der Waals surface area (Å²) in [6.07, 6.45) is 3.09. The number of methoxy groups -OCH3 is 1. The average Bonchev–Trinajstić information content (AvgIpc) is 3.54. The number of benzene rings is 2. The number of rotatable bonds is 10. The zero-order chi connectivity index (χ0) is 25.7. The molecule has 0 unspecified atom stereocenters. The summed E-state index contributed by atoms with van der Waals surface area (Å²) in [5.41, 5.74) is 1.54. The molecule has 1 aliphatic rings. The molecule has 1 atom stereocenters. The van der Waals surface area contributed by atoms with Crippen LogP contribution in [0.15, 0.2) is 59.9 Å². The van der Waals surface area contributed by atoms with E-state index < -0.39 is 15.7 Å². The van der Waals surface area contributed by atoms with Crippen molar-refractivity contribution in [2.75, 3.05) is 20.3 Å². The van der Waals surface area contributed by atoms with E-state index in [1.807, 2.05) is 6.92 Å². The second-order valence-corrected chi connectivity index (χ2v) is 10.6. The van der Waals surface area contributed by atoms with E-state index >= 15 is 0 Å². The van der Waals surface area contributed by atoms with Gasteiger partial charge < -0.3 is 18.9 Å². The molecule has 1 fully saturated rings. The third kappa shape index (κ3) is 5.93. The SMILES string of the molecule is CCN(Cc1cnc(S(=O)(=O)Cc2ccc(F)cc2)n1C[C@H]1CCCO1)C(=O)c1cccc(OC)c1. The molecular weight excluding hydrogens is 485 g/mol. The first kappa shape index (κ1) is 25.8. The van der Waals surface area contributed by atoms with Crippen molar-refractivity contribution < 1.29 is 27.1 Å². The van der Waals surface area contributed by atoms with Crippen molar-refractivity contribution in [3.05, 3.63) is 77.4 Å². The normalized spacial score (nSPS) is 15.7. The average molecular weight is 516 g/mol. The van der Waals surface area contributed by atoms with Crippen LogP contribution < -0.4 is 4.74 Å². The summed E-state index contributed by atoms with van der Waals surface area (Å²) >= 11 is 0. The number of nitrogens with zero attached hydrogens (tertiary/aromatic N) is 3. The minimum atomic E-state index is -3.85. The van der Waals surface area contributed by atoms with Crippen molar-refractivity contribution in [1.82, 2.24) is 14.5 Å². The van der Waals surface area contributed by atoms with Crippen molar-refractivity contribution >= 4 is 15.7 Å². The van der Waals surface area contributed by atoms with Crippen LogP contribution in [0, 0.1) is 5.82 Å². The van der Waals surface area contributed by atoms with Gasteiger partial charge in [0.05, 0.1) is 43.9 Å². The lowest BCUT2D eigenvalue weighted by atomic mass is 10.2. The number of aromatic nitrogens is 2. The van der Waals surface area contributed by atoms with Crippen molar-refractivity contribution in [3.63, 3.8) is 0 Å². The van der Waals surface area contributed by atoms with Crippen LogP contribution in [0.25, 0.3) is 0 Å². The maximum Gasteiger partial charge on any atom is 0.254 e. The highest BCUT2D eigenvalue weighted by Crippen LogP contribution is 2.23. The maximum atomic E-state index is 13.4. The number of amides is 1. The predicted octanol–water partition coefficient (Wildman–Crippen LogP) is 3.85. The minimum absolute atomic E-state index is 0.0813. The molecule has 1 saturated heterocycles. The summed E-state index contributed by atoms with van der Waals surface area (Å²) in [6, 6.07) is 12.3. The second kappa shape index (κ2) is 11.2. The fourth-order valence-electron chi connectivity index (χ4n) is 4.28. The zero-order valence-corrected chi connectivity index (χ0v) is 21.2. The predicted molar refractivity (Wildman–Crippen MR) is 132 cm³/mol. The molecule has 36 heavy (non-hydrogen) atoms. The van der Waals surface area contributed by atoms with Crippen molar-refractivity contribution in [2.24, 2.45) is 0 Å². The molecule has 8 nitrogen and oxygen atoms in total. The van der Waals surface area contributed by atoms with Crippen LogP contribution >= 0.6 is 0 Å². The Morgan fingerprint density at radius 3 is 2.69 bits per heavy atom. The monoisotopic (exact) mass is 515 g/mol. The third-order valence-electron chi connectivity index (χ3n) is 6.20. The molecule has 0 saturated carbocycles. The van der Waals surface area contributed by atoms with Gasteiger partial charge in [-0.15, -0.1) is 0 Å². The molecule has 4 rings (SSSR count). The van der Waals surface area contributed by atoms with E-state index in [2.05, 4.69) is 4.98 Å². The first-order chi connectivity index (χ1) is 17.3. The molecule has 0 aliphatic carbocycles. The van der Waals surface area contributed by atoms with E-state index in [1.54, 1.807) is 40.8 Å². The van der Waals surface area contributed by atoms with Crippen LogP contribution in [-0.2, 0) is 33.4 Å². The fraction of sp³-hybridized carbons (Fsp3) is 0.385. The van der Waals surface area contributed by atoms with Gasteiger partial charge in [0.25, 0.3) is 5.91 Å². The summed E-state index contributed by atoms with van der Waals surface area (Å²) in [5.74, 6) is -0.361. The molecule has 3 aromatic rings. The van der Waals surface area contributed by atoms with E-state index in [9.17, 15) is 17.6 Å². The summed E-state index contributed by atoms with van der Waals surface area (Å²) < 4.78 is 52.7. The minimum Gasteiger partial charge on any atom is -0.497 e. The molecular formula is C26H30FN3O5S. The van der Waals surface area contributed by atoms with E-state index in [1.165, 1.54) is 30.5 Å². The van der Waals surface area contributed by atoms with E-state index in [4.69, 9.17) is 9.47 Å². The second-order valence-electron chi connectivity index (χ2n) is 8.71. The molecule has 2 aromatic carbocycles. The number of sulfone groups is 1. The molecule has 0 N–H and O–H groups in total. The third-order valence-corrected chi connectivity index (χ3v) is 7.79. The van der Waals surface area contributed by atoms with Gasteiger partial charge in [-0.3, -0.25) is 4.79 Å². The van der Waals surface area contributed by atoms with Crippen LogP contribution in [0.3, 0.4) is 0 Å². The summed E-state index contributed by atoms with van der Waals surface area (Å²) in [5, 5.41) is -0.0813. The summed E-state index contributed by atoms with van der Waals surface area (Å²) in [6.45, 7) is 3.40. The first-order valence-corrected chi connectivity index (χ1v) is 13.5. The van der Waals surface area contributed by atoms with E-state index in [0.29, 0.717) is 42.3 Å². The van der Waals surface area contributed by atoms with Crippen molar-refractivity contribution in [1.29, 1.82) is 0 Å². The van der Waals surface area contributed by atoms with Gasteiger partial charge in [0.1, 0.15) is 11.6 Å². The lowest BCUT2D eigenvalue weighted by Gasteiger charge is -2.23. The van der Waals surface area contributed by atoms with E-state index in [-0.39, 0.29) is 29.5 Å². The highest BCUT2D eigenvalue weighted by molar-refractivity contribution is 7.90. The van der Waals surface area contributed by atoms with Gasteiger partial charge in [-0.1, -0.05) is 18.2 Å². The highest BCUT2D eigenvalue weighted by atomic mass is 32.2. The van der Waals surface area contributed by atoms with Gasteiger partial charge in [0, 0.05) is 18.7 Å². The Kier molecular flexibility index (Phi) is 8.05. The Bertz CT molecular complexity index is 1300. The van der Waals surface area contributed by atoms with Crippen molar-refractivity contribution in [3.8, 4) is 5.75 Å². The topological polar surface area (TPSA) is 90.7 Å².